The summed E-state index contributed by atoms with van der Waals surface area (Å²) < 4.78 is 6.00. The molecule has 0 unspecified atom stereocenters. The molecule has 2 aromatic carbocycles. The van der Waals surface area contributed by atoms with Crippen LogP contribution in [0.1, 0.15) is 10.4 Å². The fraction of sp³-hybridized carbons (Fsp3) is 0.0714. The standard InChI is InChI=1S/C14H12BrNO2/c1-18-9-6-7-11(13(15)8-9)10-4-2-3-5-12(10)14(16)17/h2-8H,1H3,(H2,16,17). The van der Waals surface area contributed by atoms with Crippen molar-refractivity contribution in [3.05, 3.63) is 52.5 Å². The maximum atomic E-state index is 11.4. The molecule has 0 saturated carbocycles. The summed E-state index contributed by atoms with van der Waals surface area (Å²) >= 11 is 3.48. The van der Waals surface area contributed by atoms with E-state index in [4.69, 9.17) is 10.5 Å². The van der Waals surface area contributed by atoms with E-state index in [1.807, 2.05) is 30.3 Å². The molecule has 0 fully saturated rings. The molecule has 0 bridgehead atoms. The molecule has 0 heterocycles. The van der Waals surface area contributed by atoms with E-state index in [-0.39, 0.29) is 0 Å². The second-order valence-electron chi connectivity index (χ2n) is 3.76. The Morgan fingerprint density at radius 2 is 1.89 bits per heavy atom. The molecule has 0 radical (unpaired) electrons. The highest BCUT2D eigenvalue weighted by molar-refractivity contribution is 9.10. The van der Waals surface area contributed by atoms with Crippen molar-refractivity contribution in [1.82, 2.24) is 0 Å². The highest BCUT2D eigenvalue weighted by Crippen LogP contribution is 2.33. The van der Waals surface area contributed by atoms with E-state index in [1.54, 1.807) is 19.2 Å². The van der Waals surface area contributed by atoms with Gasteiger partial charge in [-0.3, -0.25) is 4.79 Å². The van der Waals surface area contributed by atoms with Crippen molar-refractivity contribution in [3.63, 3.8) is 0 Å². The minimum absolute atomic E-state index is 0.437. The van der Waals surface area contributed by atoms with Gasteiger partial charge in [-0.15, -0.1) is 0 Å². The lowest BCUT2D eigenvalue weighted by Gasteiger charge is -2.10. The summed E-state index contributed by atoms with van der Waals surface area (Å²) in [5, 5.41) is 0. The number of carbonyl (C=O) groups is 1. The topological polar surface area (TPSA) is 52.3 Å². The zero-order chi connectivity index (χ0) is 13.1. The molecule has 0 saturated heterocycles. The van der Waals surface area contributed by atoms with Gasteiger partial charge in [-0.2, -0.15) is 0 Å². The van der Waals surface area contributed by atoms with Gasteiger partial charge in [0.1, 0.15) is 5.75 Å². The molecule has 0 aromatic heterocycles. The van der Waals surface area contributed by atoms with Crippen LogP contribution in [0.3, 0.4) is 0 Å². The average molecular weight is 306 g/mol. The smallest absolute Gasteiger partial charge is 0.249 e. The molecule has 0 spiro atoms. The van der Waals surface area contributed by atoms with E-state index in [0.29, 0.717) is 5.56 Å². The van der Waals surface area contributed by atoms with Gasteiger partial charge in [0.25, 0.3) is 0 Å². The maximum absolute atomic E-state index is 11.4. The van der Waals surface area contributed by atoms with Crippen LogP contribution in [0, 0.1) is 0 Å². The van der Waals surface area contributed by atoms with Gasteiger partial charge in [-0.05, 0) is 35.4 Å². The predicted molar refractivity (Wildman–Crippen MR) is 74.6 cm³/mol. The molecule has 3 nitrogen and oxygen atoms in total. The molecule has 2 rings (SSSR count). The summed E-state index contributed by atoms with van der Waals surface area (Å²) in [5.74, 6) is 0.315. The van der Waals surface area contributed by atoms with E-state index in [0.717, 1.165) is 21.3 Å². The summed E-state index contributed by atoms with van der Waals surface area (Å²) in [5.41, 5.74) is 7.59. The van der Waals surface area contributed by atoms with Crippen LogP contribution in [0.5, 0.6) is 5.75 Å². The van der Waals surface area contributed by atoms with Crippen LogP contribution in [0.25, 0.3) is 11.1 Å². The van der Waals surface area contributed by atoms with E-state index in [9.17, 15) is 4.79 Å². The predicted octanol–water partition coefficient (Wildman–Crippen LogP) is 3.22. The average Bonchev–Trinajstić information content (AvgIpc) is 2.38. The van der Waals surface area contributed by atoms with Crippen molar-refractivity contribution < 1.29 is 9.53 Å². The van der Waals surface area contributed by atoms with E-state index in [2.05, 4.69) is 15.9 Å². The number of nitrogens with two attached hydrogens (primary N) is 1. The number of amides is 1. The normalized spacial score (nSPS) is 10.1. The Bertz CT molecular complexity index is 596. The van der Waals surface area contributed by atoms with Crippen LogP contribution in [0.2, 0.25) is 0 Å². The molecule has 18 heavy (non-hydrogen) atoms. The summed E-state index contributed by atoms with van der Waals surface area (Å²) in [7, 11) is 1.61. The minimum Gasteiger partial charge on any atom is -0.497 e. The summed E-state index contributed by atoms with van der Waals surface area (Å²) in [6, 6.07) is 12.8. The van der Waals surface area contributed by atoms with Gasteiger partial charge in [0.15, 0.2) is 0 Å². The van der Waals surface area contributed by atoms with Crippen LogP contribution < -0.4 is 10.5 Å². The Balaban J connectivity index is 2.59. The molecule has 0 aliphatic heterocycles. The van der Waals surface area contributed by atoms with Crippen LogP contribution in [-0.2, 0) is 0 Å². The first-order chi connectivity index (χ1) is 8.63. The van der Waals surface area contributed by atoms with Gasteiger partial charge in [0, 0.05) is 10.0 Å². The lowest BCUT2D eigenvalue weighted by Crippen LogP contribution is -2.12. The van der Waals surface area contributed by atoms with Gasteiger partial charge in [-0.1, -0.05) is 34.1 Å². The largest absolute Gasteiger partial charge is 0.497 e. The number of carbonyl (C=O) groups excluding carboxylic acids is 1. The molecule has 0 aliphatic carbocycles. The number of hydrogen-bond acceptors (Lipinski definition) is 2. The zero-order valence-electron chi connectivity index (χ0n) is 9.81. The number of benzene rings is 2. The Kier molecular flexibility index (Phi) is 3.67. The second kappa shape index (κ2) is 5.23. The molecular formula is C14H12BrNO2. The highest BCUT2D eigenvalue weighted by atomic mass is 79.9. The fourth-order valence-corrected chi connectivity index (χ4v) is 2.35. The van der Waals surface area contributed by atoms with Gasteiger partial charge in [0.2, 0.25) is 5.91 Å². The lowest BCUT2D eigenvalue weighted by molar-refractivity contribution is 0.100. The fourth-order valence-electron chi connectivity index (χ4n) is 1.77. The van der Waals surface area contributed by atoms with Crippen LogP contribution in [0.15, 0.2) is 46.9 Å². The Labute approximate surface area is 114 Å². The zero-order valence-corrected chi connectivity index (χ0v) is 11.4. The van der Waals surface area contributed by atoms with Crippen molar-refractivity contribution in [2.75, 3.05) is 7.11 Å². The van der Waals surface area contributed by atoms with Crippen molar-refractivity contribution >= 4 is 21.8 Å². The number of primary amides is 1. The Morgan fingerprint density at radius 3 is 2.50 bits per heavy atom. The molecule has 2 aromatic rings. The molecule has 0 aliphatic rings. The third-order valence-electron chi connectivity index (χ3n) is 2.66. The molecule has 0 atom stereocenters. The van der Waals surface area contributed by atoms with Crippen LogP contribution >= 0.6 is 15.9 Å². The number of methoxy groups -OCH3 is 1. The Hall–Kier alpha value is -1.81. The molecule has 1 amide bonds. The third-order valence-corrected chi connectivity index (χ3v) is 3.32. The van der Waals surface area contributed by atoms with Crippen molar-refractivity contribution in [3.8, 4) is 16.9 Å². The monoisotopic (exact) mass is 305 g/mol. The van der Waals surface area contributed by atoms with Crippen molar-refractivity contribution in [2.45, 2.75) is 0 Å². The summed E-state index contributed by atoms with van der Waals surface area (Å²) in [4.78, 5) is 11.4. The summed E-state index contributed by atoms with van der Waals surface area (Å²) in [6.45, 7) is 0. The first-order valence-corrected chi connectivity index (χ1v) is 6.15. The number of ether oxygens (including phenoxy) is 1. The summed E-state index contributed by atoms with van der Waals surface area (Å²) in [6.07, 6.45) is 0. The Morgan fingerprint density at radius 1 is 1.17 bits per heavy atom. The molecule has 2 N–H and O–H groups in total. The van der Waals surface area contributed by atoms with E-state index >= 15 is 0 Å². The van der Waals surface area contributed by atoms with E-state index < -0.39 is 5.91 Å². The van der Waals surface area contributed by atoms with Crippen molar-refractivity contribution in [2.24, 2.45) is 5.73 Å². The highest BCUT2D eigenvalue weighted by Gasteiger charge is 2.12. The first kappa shape index (κ1) is 12.6. The van der Waals surface area contributed by atoms with Gasteiger partial charge in [-0.25, -0.2) is 0 Å². The molecule has 92 valence electrons. The SMILES string of the molecule is COc1ccc(-c2ccccc2C(N)=O)c(Br)c1. The second-order valence-corrected chi connectivity index (χ2v) is 4.61. The number of hydrogen-bond donors (Lipinski definition) is 1. The minimum atomic E-state index is -0.437. The number of rotatable bonds is 3. The first-order valence-electron chi connectivity index (χ1n) is 5.36. The van der Waals surface area contributed by atoms with Crippen LogP contribution in [0.4, 0.5) is 0 Å². The maximum Gasteiger partial charge on any atom is 0.249 e. The molecule has 4 heteroatoms. The van der Waals surface area contributed by atoms with E-state index in [1.165, 1.54) is 0 Å². The lowest BCUT2D eigenvalue weighted by atomic mass is 9.99. The quantitative estimate of drug-likeness (QED) is 0.946. The van der Waals surface area contributed by atoms with Gasteiger partial charge in [0.05, 0.1) is 7.11 Å². The molecular weight excluding hydrogens is 294 g/mol. The van der Waals surface area contributed by atoms with Crippen LogP contribution in [-0.4, -0.2) is 13.0 Å². The van der Waals surface area contributed by atoms with Crippen molar-refractivity contribution in [1.29, 1.82) is 0 Å². The third kappa shape index (κ3) is 2.38. The number of halogens is 1. The van der Waals surface area contributed by atoms with Gasteiger partial charge >= 0.3 is 0 Å². The van der Waals surface area contributed by atoms with Gasteiger partial charge < -0.3 is 10.5 Å².